The molecule has 0 aromatic rings. The minimum atomic E-state index is -1.20. The van der Waals surface area contributed by atoms with Crippen LogP contribution in [-0.4, -0.2) is 32.6 Å². The summed E-state index contributed by atoms with van der Waals surface area (Å²) in [6.07, 6.45) is 1.76. The van der Waals surface area contributed by atoms with Crippen LogP contribution < -0.4 is 0 Å². The van der Waals surface area contributed by atoms with Crippen molar-refractivity contribution in [1.29, 1.82) is 0 Å². The van der Waals surface area contributed by atoms with Gasteiger partial charge in [0, 0.05) is 6.42 Å². The van der Waals surface area contributed by atoms with Crippen LogP contribution in [0.1, 0.15) is 33.6 Å². The van der Waals surface area contributed by atoms with E-state index in [1.54, 1.807) is 19.9 Å². The molecule has 0 bridgehead atoms. The largest absolute Gasteiger partial charge is 0.389 e. The zero-order valence-electron chi connectivity index (χ0n) is 8.41. The maximum atomic E-state index is 10.0. The van der Waals surface area contributed by atoms with Crippen molar-refractivity contribution in [3.63, 3.8) is 0 Å². The number of hydrogen-bond donors (Lipinski definition) is 3. The van der Waals surface area contributed by atoms with Crippen LogP contribution in [0.4, 0.5) is 0 Å². The third-order valence-electron chi connectivity index (χ3n) is 2.96. The van der Waals surface area contributed by atoms with Crippen molar-refractivity contribution >= 4 is 0 Å². The van der Waals surface area contributed by atoms with Gasteiger partial charge in [0.1, 0.15) is 0 Å². The SMILES string of the molecule is CC1=CCC(O)(C(C)(C)O)CC1O. The van der Waals surface area contributed by atoms with E-state index >= 15 is 0 Å². The second-order valence-electron chi connectivity index (χ2n) is 4.46. The average molecular weight is 186 g/mol. The Balaban J connectivity index is 2.87. The number of rotatable bonds is 1. The lowest BCUT2D eigenvalue weighted by molar-refractivity contribution is -0.148. The zero-order chi connectivity index (χ0) is 10.3. The molecule has 0 amide bonds. The minimum absolute atomic E-state index is 0.207. The maximum Gasteiger partial charge on any atom is 0.0989 e. The van der Waals surface area contributed by atoms with Crippen molar-refractivity contribution < 1.29 is 15.3 Å². The fourth-order valence-corrected chi connectivity index (χ4v) is 1.53. The molecule has 3 nitrogen and oxygen atoms in total. The van der Waals surface area contributed by atoms with Gasteiger partial charge in [0.2, 0.25) is 0 Å². The van der Waals surface area contributed by atoms with Crippen LogP contribution in [0.15, 0.2) is 11.6 Å². The molecule has 0 spiro atoms. The van der Waals surface area contributed by atoms with Gasteiger partial charge in [-0.2, -0.15) is 0 Å². The molecular weight excluding hydrogens is 168 g/mol. The first-order valence-electron chi connectivity index (χ1n) is 4.56. The Bertz CT molecular complexity index is 227. The molecule has 1 aliphatic rings. The van der Waals surface area contributed by atoms with Crippen molar-refractivity contribution in [3.8, 4) is 0 Å². The van der Waals surface area contributed by atoms with E-state index in [2.05, 4.69) is 0 Å². The monoisotopic (exact) mass is 186 g/mol. The number of hydrogen-bond acceptors (Lipinski definition) is 3. The summed E-state index contributed by atoms with van der Waals surface area (Å²) < 4.78 is 0. The average Bonchev–Trinajstić information content (AvgIpc) is 1.95. The highest BCUT2D eigenvalue weighted by Crippen LogP contribution is 2.35. The van der Waals surface area contributed by atoms with E-state index in [0.29, 0.717) is 6.42 Å². The van der Waals surface area contributed by atoms with E-state index in [0.717, 1.165) is 5.57 Å². The molecular formula is C10H18O3. The molecule has 2 atom stereocenters. The predicted molar refractivity (Wildman–Crippen MR) is 50.2 cm³/mol. The van der Waals surface area contributed by atoms with E-state index in [-0.39, 0.29) is 6.42 Å². The van der Waals surface area contributed by atoms with Gasteiger partial charge in [-0.05, 0) is 32.8 Å². The lowest BCUT2D eigenvalue weighted by atomic mass is 9.74. The Kier molecular flexibility index (Phi) is 2.54. The van der Waals surface area contributed by atoms with Gasteiger partial charge in [0.25, 0.3) is 0 Å². The number of aliphatic hydroxyl groups is 3. The number of aliphatic hydroxyl groups excluding tert-OH is 1. The normalized spacial score (nSPS) is 35.8. The highest BCUT2D eigenvalue weighted by molar-refractivity contribution is 5.16. The predicted octanol–water partition coefficient (Wildman–Crippen LogP) is 0.589. The lowest BCUT2D eigenvalue weighted by Gasteiger charge is -2.42. The minimum Gasteiger partial charge on any atom is -0.389 e. The fourth-order valence-electron chi connectivity index (χ4n) is 1.53. The van der Waals surface area contributed by atoms with Crippen LogP contribution in [-0.2, 0) is 0 Å². The van der Waals surface area contributed by atoms with Crippen LogP contribution in [0.5, 0.6) is 0 Å². The highest BCUT2D eigenvalue weighted by Gasteiger charge is 2.44. The Morgan fingerprint density at radius 1 is 1.54 bits per heavy atom. The van der Waals surface area contributed by atoms with E-state index in [4.69, 9.17) is 0 Å². The van der Waals surface area contributed by atoms with Gasteiger partial charge >= 0.3 is 0 Å². The van der Waals surface area contributed by atoms with Gasteiger partial charge in [-0.15, -0.1) is 0 Å². The second-order valence-corrected chi connectivity index (χ2v) is 4.46. The molecule has 3 heteroatoms. The summed E-state index contributed by atoms with van der Waals surface area (Å²) in [5.41, 5.74) is -1.51. The summed E-state index contributed by atoms with van der Waals surface area (Å²) in [4.78, 5) is 0. The van der Waals surface area contributed by atoms with Gasteiger partial charge in [-0.3, -0.25) is 0 Å². The lowest BCUT2D eigenvalue weighted by Crippen LogP contribution is -2.53. The standard InChI is InChI=1S/C10H18O3/c1-7-4-5-10(13,6-8(7)11)9(2,3)12/h4,8,11-13H,5-6H2,1-3H3. The van der Waals surface area contributed by atoms with E-state index in [1.807, 2.05) is 6.92 Å². The molecule has 0 heterocycles. The molecule has 2 unspecified atom stereocenters. The molecule has 0 aromatic carbocycles. The zero-order valence-corrected chi connectivity index (χ0v) is 8.41. The quantitative estimate of drug-likeness (QED) is 0.525. The summed E-state index contributed by atoms with van der Waals surface area (Å²) >= 11 is 0. The first kappa shape index (κ1) is 10.7. The van der Waals surface area contributed by atoms with Crippen molar-refractivity contribution in [1.82, 2.24) is 0 Å². The molecule has 0 saturated carbocycles. The molecule has 0 aliphatic heterocycles. The Hall–Kier alpha value is -0.380. The molecule has 1 aliphatic carbocycles. The Labute approximate surface area is 78.7 Å². The van der Waals surface area contributed by atoms with E-state index in [1.165, 1.54) is 0 Å². The fraction of sp³-hybridized carbons (Fsp3) is 0.800. The molecule has 13 heavy (non-hydrogen) atoms. The van der Waals surface area contributed by atoms with Crippen molar-refractivity contribution in [2.45, 2.75) is 50.9 Å². The van der Waals surface area contributed by atoms with Crippen LogP contribution in [0.25, 0.3) is 0 Å². The second kappa shape index (κ2) is 3.08. The summed E-state index contributed by atoms with van der Waals surface area (Å²) in [6, 6.07) is 0. The van der Waals surface area contributed by atoms with Gasteiger partial charge in [0.15, 0.2) is 0 Å². The Morgan fingerprint density at radius 2 is 2.08 bits per heavy atom. The molecule has 0 fully saturated rings. The summed E-state index contributed by atoms with van der Waals surface area (Å²) in [6.45, 7) is 4.96. The first-order chi connectivity index (χ1) is 5.76. The van der Waals surface area contributed by atoms with Gasteiger partial charge in [-0.1, -0.05) is 6.08 Å². The van der Waals surface area contributed by atoms with Crippen molar-refractivity contribution in [2.24, 2.45) is 0 Å². The van der Waals surface area contributed by atoms with Crippen molar-refractivity contribution in [3.05, 3.63) is 11.6 Å². The van der Waals surface area contributed by atoms with Crippen LogP contribution in [0.2, 0.25) is 0 Å². The van der Waals surface area contributed by atoms with Gasteiger partial charge < -0.3 is 15.3 Å². The molecule has 76 valence electrons. The van der Waals surface area contributed by atoms with Crippen LogP contribution in [0.3, 0.4) is 0 Å². The smallest absolute Gasteiger partial charge is 0.0989 e. The highest BCUT2D eigenvalue weighted by atomic mass is 16.4. The topological polar surface area (TPSA) is 60.7 Å². The summed E-state index contributed by atoms with van der Waals surface area (Å²) in [5.74, 6) is 0. The molecule has 0 aromatic heterocycles. The molecule has 1 rings (SSSR count). The Morgan fingerprint density at radius 3 is 2.46 bits per heavy atom. The molecule has 0 radical (unpaired) electrons. The van der Waals surface area contributed by atoms with Crippen LogP contribution >= 0.6 is 0 Å². The van der Waals surface area contributed by atoms with Crippen molar-refractivity contribution in [2.75, 3.05) is 0 Å². The first-order valence-corrected chi connectivity index (χ1v) is 4.56. The van der Waals surface area contributed by atoms with Gasteiger partial charge in [-0.25, -0.2) is 0 Å². The van der Waals surface area contributed by atoms with E-state index < -0.39 is 17.3 Å². The third-order valence-corrected chi connectivity index (χ3v) is 2.96. The molecule has 3 N–H and O–H groups in total. The van der Waals surface area contributed by atoms with Gasteiger partial charge in [0.05, 0.1) is 17.3 Å². The third kappa shape index (κ3) is 1.93. The van der Waals surface area contributed by atoms with Crippen LogP contribution in [0, 0.1) is 0 Å². The summed E-state index contributed by atoms with van der Waals surface area (Å²) in [5, 5.41) is 29.3. The van der Waals surface area contributed by atoms with E-state index in [9.17, 15) is 15.3 Å². The summed E-state index contributed by atoms with van der Waals surface area (Å²) in [7, 11) is 0. The maximum absolute atomic E-state index is 10.0. The molecule has 0 saturated heterocycles.